The van der Waals surface area contributed by atoms with E-state index in [1.807, 2.05) is 67.5 Å². The Morgan fingerprint density at radius 3 is 2.63 bits per heavy atom. The van der Waals surface area contributed by atoms with Crippen LogP contribution in [-0.2, 0) is 16.1 Å². The molecule has 1 unspecified atom stereocenters. The van der Waals surface area contributed by atoms with Crippen molar-refractivity contribution in [1.82, 2.24) is 19.6 Å². The zero-order chi connectivity index (χ0) is 24.6. The first kappa shape index (κ1) is 25.2. The predicted octanol–water partition coefficient (Wildman–Crippen LogP) is 3.20. The number of nitrogens with zero attached hydrogens (tertiary/aromatic N) is 3. The molecule has 1 aliphatic heterocycles. The zero-order valence-corrected chi connectivity index (χ0v) is 20.9. The molecule has 1 aromatic heterocycles. The first-order valence-corrected chi connectivity index (χ1v) is 12.8. The summed E-state index contributed by atoms with van der Waals surface area (Å²) in [5, 5.41) is 3.20. The molecule has 2 heterocycles. The maximum Gasteiger partial charge on any atom is 0.227 e. The Kier molecular flexibility index (Phi) is 8.78. The molecular formula is C25H32N6O3S. The quantitative estimate of drug-likeness (QED) is 0.287. The minimum Gasteiger partial charge on any atom is -0.593 e. The zero-order valence-electron chi connectivity index (χ0n) is 20.1. The Bertz CT molecular complexity index is 1090. The summed E-state index contributed by atoms with van der Waals surface area (Å²) < 4.78 is 26.8. The van der Waals surface area contributed by atoms with Crippen LogP contribution in [0.5, 0.6) is 5.75 Å². The number of ether oxygens (including phenoxy) is 2. The second-order valence-corrected chi connectivity index (χ2v) is 9.86. The van der Waals surface area contributed by atoms with Crippen LogP contribution < -0.4 is 20.5 Å². The first-order chi connectivity index (χ1) is 17.0. The van der Waals surface area contributed by atoms with E-state index in [9.17, 15) is 4.55 Å². The third kappa shape index (κ3) is 7.30. The largest absolute Gasteiger partial charge is 0.593 e. The van der Waals surface area contributed by atoms with Gasteiger partial charge in [-0.3, -0.25) is 0 Å². The third-order valence-corrected chi connectivity index (χ3v) is 6.71. The van der Waals surface area contributed by atoms with E-state index in [1.54, 1.807) is 6.20 Å². The second-order valence-electron chi connectivity index (χ2n) is 8.56. The average Bonchev–Trinajstić information content (AvgIpc) is 2.86. The van der Waals surface area contributed by atoms with Gasteiger partial charge in [-0.2, -0.15) is 0 Å². The van der Waals surface area contributed by atoms with Gasteiger partial charge in [0.2, 0.25) is 5.95 Å². The number of nitrogens with one attached hydrogen (secondary N) is 2. The van der Waals surface area contributed by atoms with E-state index in [2.05, 4.69) is 20.0 Å². The lowest BCUT2D eigenvalue weighted by molar-refractivity contribution is 0.0259. The van der Waals surface area contributed by atoms with E-state index in [4.69, 9.17) is 15.2 Å². The summed E-state index contributed by atoms with van der Waals surface area (Å²) in [5.74, 6) is 1.14. The number of likely N-dealkylation sites (N-methyl/N-ethyl adjacent to an activating group) is 1. The van der Waals surface area contributed by atoms with Gasteiger partial charge in [0.25, 0.3) is 0 Å². The number of hydrogen-bond acceptors (Lipinski definition) is 9. The van der Waals surface area contributed by atoms with Crippen molar-refractivity contribution in [2.75, 3.05) is 51.4 Å². The molecule has 1 atom stereocenters. The van der Waals surface area contributed by atoms with Gasteiger partial charge in [0.05, 0.1) is 42.5 Å². The molecule has 0 bridgehead atoms. The maximum absolute atomic E-state index is 12.4. The van der Waals surface area contributed by atoms with Crippen molar-refractivity contribution in [1.29, 1.82) is 0 Å². The molecule has 1 aliphatic rings. The summed E-state index contributed by atoms with van der Waals surface area (Å²) in [4.78, 5) is 11.7. The number of nitrogen functional groups attached to an aromatic ring is 1. The summed E-state index contributed by atoms with van der Waals surface area (Å²) in [6.07, 6.45) is 3.56. The standard InChI is InChI=1S/C25H32N6O3S/c1-31(2)14-13-28-35(32)21-6-4-19(5-7-21)29-25-27-12-9-23(30-25)18-3-8-24(22(26)17-18)34-20-10-15-33-16-11-20/h3-9,12,17,20,28H,10-11,13-16,26H2,1-2H3,(H,27,29,30). The summed E-state index contributed by atoms with van der Waals surface area (Å²) in [6.45, 7) is 2.89. The normalized spacial score (nSPS) is 15.2. The number of hydrogen-bond donors (Lipinski definition) is 3. The monoisotopic (exact) mass is 496 g/mol. The molecular weight excluding hydrogens is 464 g/mol. The van der Waals surface area contributed by atoms with Crippen LogP contribution in [-0.4, -0.2) is 65.9 Å². The molecule has 1 fully saturated rings. The van der Waals surface area contributed by atoms with Crippen LogP contribution in [0.4, 0.5) is 17.3 Å². The second kappa shape index (κ2) is 12.2. The highest BCUT2D eigenvalue weighted by Gasteiger charge is 2.17. The molecule has 1 saturated heterocycles. The van der Waals surface area contributed by atoms with Crippen molar-refractivity contribution in [3.8, 4) is 17.0 Å². The fraction of sp³-hybridized carbons (Fsp3) is 0.360. The highest BCUT2D eigenvalue weighted by atomic mass is 32.2. The minimum absolute atomic E-state index is 0.129. The molecule has 10 heteroatoms. The van der Waals surface area contributed by atoms with Crippen LogP contribution in [0.15, 0.2) is 59.6 Å². The van der Waals surface area contributed by atoms with Gasteiger partial charge in [-0.1, -0.05) is 0 Å². The number of anilines is 3. The predicted molar refractivity (Wildman–Crippen MR) is 139 cm³/mol. The summed E-state index contributed by atoms with van der Waals surface area (Å²) in [6, 6.07) is 14.9. The van der Waals surface area contributed by atoms with E-state index in [0.29, 0.717) is 42.0 Å². The van der Waals surface area contributed by atoms with Crippen molar-refractivity contribution < 1.29 is 14.0 Å². The Hall–Kier alpha value is -2.89. The van der Waals surface area contributed by atoms with Crippen molar-refractivity contribution in [2.24, 2.45) is 0 Å². The number of benzene rings is 2. The fourth-order valence-corrected chi connectivity index (χ4v) is 4.43. The number of nitrogens with two attached hydrogens (primary N) is 1. The van der Waals surface area contributed by atoms with Gasteiger partial charge in [0.15, 0.2) is 4.90 Å². The smallest absolute Gasteiger partial charge is 0.227 e. The molecule has 4 rings (SSSR count). The van der Waals surface area contributed by atoms with Gasteiger partial charge < -0.3 is 30.0 Å². The van der Waals surface area contributed by atoms with Crippen molar-refractivity contribution in [2.45, 2.75) is 23.8 Å². The lowest BCUT2D eigenvalue weighted by Crippen LogP contribution is -2.31. The summed E-state index contributed by atoms with van der Waals surface area (Å²) in [5.41, 5.74) is 9.27. The van der Waals surface area contributed by atoms with Gasteiger partial charge in [-0.05, 0) is 62.6 Å². The lowest BCUT2D eigenvalue weighted by Gasteiger charge is -2.24. The van der Waals surface area contributed by atoms with E-state index >= 15 is 0 Å². The van der Waals surface area contributed by atoms with Crippen molar-refractivity contribution in [3.63, 3.8) is 0 Å². The molecule has 0 saturated carbocycles. The van der Waals surface area contributed by atoms with Gasteiger partial charge in [0, 0.05) is 36.8 Å². The van der Waals surface area contributed by atoms with Crippen molar-refractivity contribution >= 4 is 28.7 Å². The third-order valence-electron chi connectivity index (χ3n) is 5.54. The lowest BCUT2D eigenvalue weighted by atomic mass is 10.1. The SMILES string of the molecule is CN(C)CCN[S+]([O-])c1ccc(Nc2nccc(-c3ccc(OC4CCOCC4)c(N)c3)n2)cc1. The molecule has 35 heavy (non-hydrogen) atoms. The van der Waals surface area contributed by atoms with Gasteiger partial charge >= 0.3 is 0 Å². The fourth-order valence-electron chi connectivity index (χ4n) is 3.60. The molecule has 0 radical (unpaired) electrons. The van der Waals surface area contributed by atoms with E-state index < -0.39 is 11.4 Å². The van der Waals surface area contributed by atoms with Crippen LogP contribution in [0, 0.1) is 0 Å². The molecule has 186 valence electrons. The Morgan fingerprint density at radius 2 is 1.91 bits per heavy atom. The first-order valence-electron chi connectivity index (χ1n) is 11.6. The van der Waals surface area contributed by atoms with E-state index in [0.717, 1.165) is 36.3 Å². The molecule has 0 amide bonds. The van der Waals surface area contributed by atoms with Crippen LogP contribution in [0.25, 0.3) is 11.3 Å². The van der Waals surface area contributed by atoms with E-state index in [1.165, 1.54) is 0 Å². The Balaban J connectivity index is 1.38. The molecule has 0 spiro atoms. The highest BCUT2D eigenvalue weighted by molar-refractivity contribution is 7.89. The van der Waals surface area contributed by atoms with Crippen LogP contribution >= 0.6 is 0 Å². The molecule has 4 N–H and O–H groups in total. The number of aromatic nitrogens is 2. The Morgan fingerprint density at radius 1 is 1.14 bits per heavy atom. The summed E-state index contributed by atoms with van der Waals surface area (Å²) in [7, 11) is 3.96. The van der Waals surface area contributed by atoms with Crippen molar-refractivity contribution in [3.05, 3.63) is 54.7 Å². The summed E-state index contributed by atoms with van der Waals surface area (Å²) >= 11 is -1.25. The highest BCUT2D eigenvalue weighted by Crippen LogP contribution is 2.30. The van der Waals surface area contributed by atoms with Crippen LogP contribution in [0.3, 0.4) is 0 Å². The molecule has 9 nitrogen and oxygen atoms in total. The molecule has 3 aromatic rings. The topological polar surface area (TPSA) is 121 Å². The van der Waals surface area contributed by atoms with Gasteiger partial charge in [-0.15, -0.1) is 4.72 Å². The average molecular weight is 497 g/mol. The van der Waals surface area contributed by atoms with E-state index in [-0.39, 0.29) is 6.10 Å². The molecule has 0 aliphatic carbocycles. The van der Waals surface area contributed by atoms with Crippen LogP contribution in [0.2, 0.25) is 0 Å². The van der Waals surface area contributed by atoms with Gasteiger partial charge in [-0.25, -0.2) is 9.97 Å². The Labute approximate surface area is 209 Å². The number of rotatable bonds is 10. The van der Waals surface area contributed by atoms with Gasteiger partial charge in [0.1, 0.15) is 11.9 Å². The molecule has 2 aromatic carbocycles. The van der Waals surface area contributed by atoms with Crippen LogP contribution in [0.1, 0.15) is 12.8 Å². The maximum atomic E-state index is 12.4. The minimum atomic E-state index is -1.25.